The van der Waals surface area contributed by atoms with E-state index >= 15 is 0 Å². The molecular weight excluding hydrogens is 361 g/mol. The number of benzene rings is 1. The highest BCUT2D eigenvalue weighted by molar-refractivity contribution is 5.33. The Morgan fingerprint density at radius 3 is 2.71 bits per heavy atom. The minimum absolute atomic E-state index is 0.0765. The Morgan fingerprint density at radius 2 is 2.00 bits per heavy atom. The van der Waals surface area contributed by atoms with Crippen LogP contribution in [0.4, 0.5) is 4.39 Å². The van der Waals surface area contributed by atoms with Gasteiger partial charge in [-0.15, -0.1) is 0 Å². The maximum Gasteiger partial charge on any atom is 0.319 e. The lowest BCUT2D eigenvalue weighted by molar-refractivity contribution is -0.0669. The van der Waals surface area contributed by atoms with Crippen molar-refractivity contribution in [2.75, 3.05) is 27.3 Å². The number of rotatable bonds is 5. The average molecular weight is 387 g/mol. The molecule has 3 unspecified atom stereocenters. The maximum atomic E-state index is 13.2. The van der Waals surface area contributed by atoms with E-state index in [9.17, 15) is 9.50 Å². The summed E-state index contributed by atoms with van der Waals surface area (Å²) in [5.74, 6) is 0.616. The minimum atomic E-state index is -1.03. The Balaban J connectivity index is 1.58. The second-order valence-corrected chi connectivity index (χ2v) is 7.78. The van der Waals surface area contributed by atoms with Gasteiger partial charge < -0.3 is 14.6 Å². The van der Waals surface area contributed by atoms with E-state index in [1.165, 1.54) is 19.2 Å². The first-order chi connectivity index (χ1) is 13.5. The van der Waals surface area contributed by atoms with Gasteiger partial charge in [0.25, 0.3) is 0 Å². The number of fused-ring (bicyclic) bond motifs is 1. The highest BCUT2D eigenvalue weighted by atomic mass is 19.1. The van der Waals surface area contributed by atoms with Crippen LogP contribution in [0.25, 0.3) is 0 Å². The monoisotopic (exact) mass is 387 g/mol. The Morgan fingerprint density at radius 1 is 1.21 bits per heavy atom. The first kappa shape index (κ1) is 19.1. The van der Waals surface area contributed by atoms with E-state index in [1.54, 1.807) is 13.3 Å². The molecule has 0 spiro atoms. The molecule has 2 fully saturated rings. The summed E-state index contributed by atoms with van der Waals surface area (Å²) in [5, 5.41) is 11.7. The van der Waals surface area contributed by atoms with Crippen molar-refractivity contribution in [3.63, 3.8) is 0 Å². The fourth-order valence-electron chi connectivity index (χ4n) is 4.83. The standard InChI is InChI=1S/C21H26FN3O3/c1-27-19-17(10-23-20(24-19)28-2)21(26)9-3-4-15-12-25(13-18(15)21)11-14-5-7-16(22)8-6-14/h5-8,10,15,18,26H,3-4,9,11-13H2,1-2H3. The smallest absolute Gasteiger partial charge is 0.319 e. The summed E-state index contributed by atoms with van der Waals surface area (Å²) in [6, 6.07) is 6.86. The van der Waals surface area contributed by atoms with Gasteiger partial charge in [0, 0.05) is 31.7 Å². The number of halogens is 1. The molecule has 2 aromatic rings. The number of aromatic nitrogens is 2. The Bertz CT molecular complexity index is 832. The number of hydrogen-bond donors (Lipinski definition) is 1. The quantitative estimate of drug-likeness (QED) is 0.851. The Hall–Kier alpha value is -2.25. The lowest BCUT2D eigenvalue weighted by Gasteiger charge is -2.41. The van der Waals surface area contributed by atoms with Gasteiger partial charge in [0.2, 0.25) is 5.88 Å². The lowest BCUT2D eigenvalue weighted by Crippen LogP contribution is -2.43. The number of methoxy groups -OCH3 is 2. The highest BCUT2D eigenvalue weighted by Crippen LogP contribution is 2.50. The summed E-state index contributed by atoms with van der Waals surface area (Å²) < 4.78 is 23.7. The fourth-order valence-corrected chi connectivity index (χ4v) is 4.83. The molecule has 4 rings (SSSR count). The number of hydrogen-bond acceptors (Lipinski definition) is 6. The average Bonchev–Trinajstić information content (AvgIpc) is 3.13. The molecule has 150 valence electrons. The Kier molecular flexibility index (Phi) is 5.21. The van der Waals surface area contributed by atoms with Crippen LogP contribution in [0.1, 0.15) is 30.4 Å². The molecule has 1 saturated heterocycles. The molecule has 7 heteroatoms. The van der Waals surface area contributed by atoms with Crippen LogP contribution in [-0.2, 0) is 12.1 Å². The first-order valence-electron chi connectivity index (χ1n) is 9.68. The predicted molar refractivity (Wildman–Crippen MR) is 102 cm³/mol. The van der Waals surface area contributed by atoms with Crippen LogP contribution in [0.2, 0.25) is 0 Å². The van der Waals surface area contributed by atoms with E-state index in [1.807, 2.05) is 12.1 Å². The van der Waals surface area contributed by atoms with E-state index in [2.05, 4.69) is 14.9 Å². The molecule has 0 bridgehead atoms. The molecule has 1 N–H and O–H groups in total. The summed E-state index contributed by atoms with van der Waals surface area (Å²) >= 11 is 0. The zero-order chi connectivity index (χ0) is 19.7. The minimum Gasteiger partial charge on any atom is -0.481 e. The van der Waals surface area contributed by atoms with Crippen LogP contribution in [0.5, 0.6) is 11.9 Å². The van der Waals surface area contributed by atoms with Gasteiger partial charge in [-0.05, 0) is 42.9 Å². The molecule has 28 heavy (non-hydrogen) atoms. The molecular formula is C21H26FN3O3. The summed E-state index contributed by atoms with van der Waals surface area (Å²) in [4.78, 5) is 10.8. The molecule has 1 aromatic heterocycles. The lowest BCUT2D eigenvalue weighted by atomic mass is 9.68. The second-order valence-electron chi connectivity index (χ2n) is 7.78. The van der Waals surface area contributed by atoms with Gasteiger partial charge in [0.05, 0.1) is 19.8 Å². The molecule has 1 aliphatic carbocycles. The van der Waals surface area contributed by atoms with Gasteiger partial charge in [-0.3, -0.25) is 4.90 Å². The van der Waals surface area contributed by atoms with Gasteiger partial charge in [-0.1, -0.05) is 12.1 Å². The number of likely N-dealkylation sites (tertiary alicyclic amines) is 1. The molecule has 2 aliphatic rings. The van der Waals surface area contributed by atoms with Crippen LogP contribution in [-0.4, -0.2) is 47.3 Å². The normalized spacial score (nSPS) is 27.4. The van der Waals surface area contributed by atoms with E-state index in [0.717, 1.165) is 38.0 Å². The Labute approximate surface area is 164 Å². The van der Waals surface area contributed by atoms with Gasteiger partial charge in [-0.25, -0.2) is 9.37 Å². The van der Waals surface area contributed by atoms with Crippen molar-refractivity contribution >= 4 is 0 Å². The maximum absolute atomic E-state index is 13.2. The molecule has 0 amide bonds. The zero-order valence-electron chi connectivity index (χ0n) is 16.3. The third-order valence-electron chi connectivity index (χ3n) is 6.16. The van der Waals surface area contributed by atoms with Crippen molar-refractivity contribution in [2.45, 2.75) is 31.4 Å². The largest absolute Gasteiger partial charge is 0.481 e. The van der Waals surface area contributed by atoms with Crippen LogP contribution < -0.4 is 9.47 Å². The van der Waals surface area contributed by atoms with E-state index in [-0.39, 0.29) is 17.7 Å². The molecule has 3 atom stereocenters. The van der Waals surface area contributed by atoms with Crippen LogP contribution in [0.15, 0.2) is 30.5 Å². The zero-order valence-corrected chi connectivity index (χ0v) is 16.3. The summed E-state index contributed by atoms with van der Waals surface area (Å²) in [6.07, 6.45) is 4.32. The molecule has 1 saturated carbocycles. The topological polar surface area (TPSA) is 67.7 Å². The van der Waals surface area contributed by atoms with Crippen molar-refractivity contribution in [1.82, 2.24) is 14.9 Å². The first-order valence-corrected chi connectivity index (χ1v) is 9.68. The SMILES string of the molecule is COc1ncc(C2(O)CCCC3CN(Cc4ccc(F)cc4)CC32)c(OC)n1. The van der Waals surface area contributed by atoms with Crippen molar-refractivity contribution in [3.8, 4) is 11.9 Å². The predicted octanol–water partition coefficient (Wildman–Crippen LogP) is 2.75. The molecule has 2 heterocycles. The molecule has 1 aliphatic heterocycles. The van der Waals surface area contributed by atoms with E-state index in [0.29, 0.717) is 23.8 Å². The van der Waals surface area contributed by atoms with E-state index < -0.39 is 5.60 Å². The molecule has 1 aromatic carbocycles. The van der Waals surface area contributed by atoms with Crippen molar-refractivity contribution in [3.05, 3.63) is 47.4 Å². The third-order valence-corrected chi connectivity index (χ3v) is 6.16. The van der Waals surface area contributed by atoms with Gasteiger partial charge in [0.1, 0.15) is 11.4 Å². The fraction of sp³-hybridized carbons (Fsp3) is 0.524. The number of nitrogens with zero attached hydrogens (tertiary/aromatic N) is 3. The number of ether oxygens (including phenoxy) is 2. The third kappa shape index (κ3) is 3.44. The molecule has 6 nitrogen and oxygen atoms in total. The van der Waals surface area contributed by atoms with Crippen LogP contribution in [0, 0.1) is 17.7 Å². The second kappa shape index (κ2) is 7.64. The molecule has 0 radical (unpaired) electrons. The van der Waals surface area contributed by atoms with Crippen LogP contribution >= 0.6 is 0 Å². The van der Waals surface area contributed by atoms with Gasteiger partial charge >= 0.3 is 6.01 Å². The van der Waals surface area contributed by atoms with Gasteiger partial charge in [-0.2, -0.15) is 4.98 Å². The van der Waals surface area contributed by atoms with Crippen molar-refractivity contribution in [2.24, 2.45) is 11.8 Å². The van der Waals surface area contributed by atoms with Crippen molar-refractivity contribution < 1.29 is 19.0 Å². The van der Waals surface area contributed by atoms with E-state index in [4.69, 9.17) is 9.47 Å². The highest BCUT2D eigenvalue weighted by Gasteiger charge is 2.51. The number of aliphatic hydroxyl groups is 1. The summed E-state index contributed by atoms with van der Waals surface area (Å²) in [7, 11) is 3.05. The van der Waals surface area contributed by atoms with Gasteiger partial charge in [0.15, 0.2) is 0 Å². The van der Waals surface area contributed by atoms with Crippen LogP contribution in [0.3, 0.4) is 0 Å². The summed E-state index contributed by atoms with van der Waals surface area (Å²) in [5.41, 5.74) is 0.682. The summed E-state index contributed by atoms with van der Waals surface area (Å²) in [6.45, 7) is 2.44. The van der Waals surface area contributed by atoms with Crippen molar-refractivity contribution in [1.29, 1.82) is 0 Å².